The molecule has 1 rings (SSSR count). The van der Waals surface area contributed by atoms with E-state index in [-0.39, 0.29) is 25.4 Å². The van der Waals surface area contributed by atoms with Gasteiger partial charge in [-0.25, -0.2) is 0 Å². The number of ether oxygens (including phenoxy) is 1. The number of benzene rings is 1. The molecule has 0 saturated heterocycles. The zero-order valence-corrected chi connectivity index (χ0v) is 14.7. The molecule has 128 valence electrons. The Morgan fingerprint density at radius 1 is 1.35 bits per heavy atom. The van der Waals surface area contributed by atoms with E-state index >= 15 is 0 Å². The maximum Gasteiger partial charge on any atom is 0.307 e. The van der Waals surface area contributed by atoms with Gasteiger partial charge >= 0.3 is 5.97 Å². The third kappa shape index (κ3) is 7.01. The number of amides is 1. The van der Waals surface area contributed by atoms with Gasteiger partial charge in [0.15, 0.2) is 0 Å². The van der Waals surface area contributed by atoms with E-state index in [2.05, 4.69) is 5.32 Å². The number of aliphatic hydroxyl groups excluding tert-OH is 1. The molecule has 0 spiro atoms. The van der Waals surface area contributed by atoms with Gasteiger partial charge in [0, 0.05) is 17.3 Å². The van der Waals surface area contributed by atoms with E-state index in [0.29, 0.717) is 10.7 Å². The van der Waals surface area contributed by atoms with Crippen molar-refractivity contribution >= 4 is 29.2 Å². The summed E-state index contributed by atoms with van der Waals surface area (Å²) in [4.78, 5) is 24.2. The van der Waals surface area contributed by atoms with Crippen molar-refractivity contribution in [2.45, 2.75) is 46.1 Å². The van der Waals surface area contributed by atoms with Crippen LogP contribution < -0.4 is 5.32 Å². The molecule has 1 amide bonds. The Balaban J connectivity index is 2.73. The predicted molar refractivity (Wildman–Crippen MR) is 90.5 cm³/mol. The number of aryl methyl sites for hydroxylation is 1. The van der Waals surface area contributed by atoms with Gasteiger partial charge in [-0.3, -0.25) is 9.59 Å². The number of halogens is 1. The van der Waals surface area contributed by atoms with Crippen molar-refractivity contribution in [2.24, 2.45) is 5.92 Å². The van der Waals surface area contributed by atoms with Crippen LogP contribution in [0.5, 0.6) is 0 Å². The molecule has 0 radical (unpaired) electrons. The number of hydrogen-bond donors (Lipinski definition) is 2. The lowest BCUT2D eigenvalue weighted by Crippen LogP contribution is -2.30. The van der Waals surface area contributed by atoms with Crippen molar-refractivity contribution in [3.8, 4) is 0 Å². The molecule has 6 heteroatoms. The lowest BCUT2D eigenvalue weighted by molar-refractivity contribution is -0.157. The van der Waals surface area contributed by atoms with E-state index < -0.39 is 17.5 Å². The van der Waals surface area contributed by atoms with Gasteiger partial charge in [0.1, 0.15) is 5.60 Å². The molecule has 23 heavy (non-hydrogen) atoms. The SMILES string of the molecule is Cc1cc(NC(=O)[C@H](CCO)CC(=O)OC(C)(C)C)ccc1Cl. The van der Waals surface area contributed by atoms with Crippen LogP contribution in [0.15, 0.2) is 18.2 Å². The first-order valence-electron chi connectivity index (χ1n) is 7.52. The summed E-state index contributed by atoms with van der Waals surface area (Å²) in [5.41, 5.74) is 0.837. The van der Waals surface area contributed by atoms with E-state index in [1.807, 2.05) is 6.92 Å². The lowest BCUT2D eigenvalue weighted by Gasteiger charge is -2.22. The molecule has 0 saturated carbocycles. The normalized spacial score (nSPS) is 12.6. The molecule has 0 heterocycles. The van der Waals surface area contributed by atoms with Crippen LogP contribution in [0.25, 0.3) is 0 Å². The van der Waals surface area contributed by atoms with Crippen LogP contribution in [-0.4, -0.2) is 29.2 Å². The fourth-order valence-corrected chi connectivity index (χ4v) is 2.15. The molecule has 0 aliphatic heterocycles. The Kier molecular flexibility index (Phi) is 7.03. The van der Waals surface area contributed by atoms with Crippen molar-refractivity contribution in [3.05, 3.63) is 28.8 Å². The zero-order chi connectivity index (χ0) is 17.6. The van der Waals surface area contributed by atoms with Gasteiger partial charge in [-0.1, -0.05) is 11.6 Å². The van der Waals surface area contributed by atoms with Crippen LogP contribution in [-0.2, 0) is 14.3 Å². The van der Waals surface area contributed by atoms with Crippen molar-refractivity contribution in [2.75, 3.05) is 11.9 Å². The van der Waals surface area contributed by atoms with Gasteiger partial charge in [-0.2, -0.15) is 0 Å². The minimum atomic E-state index is -0.647. The average molecular weight is 342 g/mol. The number of nitrogens with one attached hydrogen (secondary N) is 1. The van der Waals surface area contributed by atoms with Gasteiger partial charge in [-0.05, 0) is 57.9 Å². The number of anilines is 1. The van der Waals surface area contributed by atoms with E-state index in [9.17, 15) is 9.59 Å². The summed E-state index contributed by atoms with van der Waals surface area (Å²) in [5.74, 6) is -1.43. The van der Waals surface area contributed by atoms with Gasteiger partial charge in [-0.15, -0.1) is 0 Å². The Labute approximate surface area is 142 Å². The predicted octanol–water partition coefficient (Wildman–Crippen LogP) is 3.32. The van der Waals surface area contributed by atoms with Crippen molar-refractivity contribution in [1.82, 2.24) is 0 Å². The smallest absolute Gasteiger partial charge is 0.307 e. The van der Waals surface area contributed by atoms with Gasteiger partial charge in [0.2, 0.25) is 5.91 Å². The van der Waals surface area contributed by atoms with Crippen molar-refractivity contribution in [3.63, 3.8) is 0 Å². The van der Waals surface area contributed by atoms with Gasteiger partial charge < -0.3 is 15.2 Å². The Morgan fingerprint density at radius 3 is 2.52 bits per heavy atom. The molecule has 1 aromatic carbocycles. The lowest BCUT2D eigenvalue weighted by atomic mass is 10.0. The molecular weight excluding hydrogens is 318 g/mol. The molecule has 1 aromatic rings. The fourth-order valence-electron chi connectivity index (χ4n) is 2.03. The Hall–Kier alpha value is -1.59. The number of hydrogen-bond acceptors (Lipinski definition) is 4. The van der Waals surface area contributed by atoms with Crippen molar-refractivity contribution < 1.29 is 19.4 Å². The second kappa shape index (κ2) is 8.31. The first-order chi connectivity index (χ1) is 10.6. The van der Waals surface area contributed by atoms with E-state index in [0.717, 1.165) is 5.56 Å². The molecule has 0 fully saturated rings. The van der Waals surface area contributed by atoms with Crippen molar-refractivity contribution in [1.29, 1.82) is 0 Å². The van der Waals surface area contributed by atoms with Gasteiger partial charge in [0.05, 0.1) is 12.3 Å². The summed E-state index contributed by atoms with van der Waals surface area (Å²) < 4.78 is 5.23. The monoisotopic (exact) mass is 341 g/mol. The summed E-state index contributed by atoms with van der Waals surface area (Å²) >= 11 is 5.95. The highest BCUT2D eigenvalue weighted by Crippen LogP contribution is 2.21. The van der Waals surface area contributed by atoms with Gasteiger partial charge in [0.25, 0.3) is 0 Å². The summed E-state index contributed by atoms with van der Waals surface area (Å²) in [5, 5.41) is 12.5. The molecule has 0 aromatic heterocycles. The highest BCUT2D eigenvalue weighted by Gasteiger charge is 2.25. The molecular formula is C17H24ClNO4. The quantitative estimate of drug-likeness (QED) is 0.778. The van der Waals surface area contributed by atoms with E-state index in [1.165, 1.54) is 0 Å². The van der Waals surface area contributed by atoms with Crippen LogP contribution in [0.3, 0.4) is 0 Å². The van der Waals surface area contributed by atoms with Crippen LogP contribution in [0.2, 0.25) is 5.02 Å². The molecule has 0 unspecified atom stereocenters. The number of esters is 1. The average Bonchev–Trinajstić information content (AvgIpc) is 2.40. The molecule has 0 bridgehead atoms. The summed E-state index contributed by atoms with van der Waals surface area (Å²) in [6.07, 6.45) is 0.119. The Morgan fingerprint density at radius 2 is 2.00 bits per heavy atom. The number of carbonyl (C=O) groups is 2. The maximum atomic E-state index is 12.3. The topological polar surface area (TPSA) is 75.6 Å². The summed E-state index contributed by atoms with van der Waals surface area (Å²) in [6, 6.07) is 5.14. The summed E-state index contributed by atoms with van der Waals surface area (Å²) in [7, 11) is 0. The van der Waals surface area contributed by atoms with Crippen LogP contribution in [0.1, 0.15) is 39.2 Å². The van der Waals surface area contributed by atoms with Crippen LogP contribution >= 0.6 is 11.6 Å². The molecule has 5 nitrogen and oxygen atoms in total. The third-order valence-electron chi connectivity index (χ3n) is 3.11. The number of aliphatic hydroxyl groups is 1. The first kappa shape index (κ1) is 19.5. The molecule has 0 aliphatic rings. The zero-order valence-electron chi connectivity index (χ0n) is 14.0. The standard InChI is InChI=1S/C17H24ClNO4/c1-11-9-13(5-6-14(11)18)19-16(22)12(7-8-20)10-15(21)23-17(2,3)4/h5-6,9,12,20H,7-8,10H2,1-4H3,(H,19,22)/t12-/m1/s1. The molecule has 1 atom stereocenters. The number of rotatable bonds is 6. The second-order valence-electron chi connectivity index (χ2n) is 6.45. The van der Waals surface area contributed by atoms with Crippen LogP contribution in [0, 0.1) is 12.8 Å². The maximum absolute atomic E-state index is 12.3. The van der Waals surface area contributed by atoms with E-state index in [1.54, 1.807) is 39.0 Å². The Bertz CT molecular complexity index is 566. The third-order valence-corrected chi connectivity index (χ3v) is 3.53. The second-order valence-corrected chi connectivity index (χ2v) is 6.86. The highest BCUT2D eigenvalue weighted by atomic mass is 35.5. The molecule has 0 aliphatic carbocycles. The van der Waals surface area contributed by atoms with E-state index in [4.69, 9.17) is 21.4 Å². The molecule has 2 N–H and O–H groups in total. The summed E-state index contributed by atoms with van der Waals surface area (Å²) in [6.45, 7) is 6.96. The first-order valence-corrected chi connectivity index (χ1v) is 7.90. The minimum absolute atomic E-state index is 0.0732. The minimum Gasteiger partial charge on any atom is -0.460 e. The highest BCUT2D eigenvalue weighted by molar-refractivity contribution is 6.31. The van der Waals surface area contributed by atoms with Crippen LogP contribution in [0.4, 0.5) is 5.69 Å². The largest absolute Gasteiger partial charge is 0.460 e. The fraction of sp³-hybridized carbons (Fsp3) is 0.529. The number of carbonyl (C=O) groups excluding carboxylic acids is 2.